The summed E-state index contributed by atoms with van der Waals surface area (Å²) in [6.45, 7) is 1.35. The molecule has 0 aliphatic heterocycles. The van der Waals surface area contributed by atoms with Crippen molar-refractivity contribution in [2.45, 2.75) is 6.92 Å². The molecule has 0 fully saturated rings. The maximum Gasteiger partial charge on any atom is 0.235 e. The molecule has 10 aromatic rings. The largest absolute Gasteiger partial charge is 0.309 e. The van der Waals surface area contributed by atoms with Gasteiger partial charge >= 0.3 is 0 Å². The van der Waals surface area contributed by atoms with Crippen LogP contribution in [0.15, 0.2) is 151 Å². The third-order valence-corrected chi connectivity index (χ3v) is 7.73. The second kappa shape index (κ2) is 9.87. The monoisotopic (exact) mass is 625 g/mol. The zero-order valence-corrected chi connectivity index (χ0v) is 23.8. The lowest BCUT2D eigenvalue weighted by Crippen LogP contribution is -2.03. The number of benzene rings is 7. The summed E-state index contributed by atoms with van der Waals surface area (Å²) in [6, 6.07) is -20.2. The van der Waals surface area contributed by atoms with Gasteiger partial charge in [-0.15, -0.1) is 0 Å². The van der Waals surface area contributed by atoms with Gasteiger partial charge in [0.2, 0.25) is 5.95 Å². The summed E-state index contributed by atoms with van der Waals surface area (Å²) in [6.07, 6.45) is 0. The predicted molar refractivity (Wildman–Crippen MR) is 196 cm³/mol. The van der Waals surface area contributed by atoms with E-state index in [9.17, 15) is 9.60 Å². The van der Waals surface area contributed by atoms with Crippen LogP contribution in [0.1, 0.15) is 39.8 Å². The summed E-state index contributed by atoms with van der Waals surface area (Å²) in [5.74, 6) is -0.793. The van der Waals surface area contributed by atoms with Crippen molar-refractivity contribution in [2.75, 3.05) is 0 Å². The van der Waals surface area contributed by atoms with Gasteiger partial charge in [-0.25, -0.2) is 9.97 Å². The molecule has 0 amide bonds. The number of rotatable bonds is 3. The second-order valence-corrected chi connectivity index (χ2v) is 10.4. The number of para-hydroxylation sites is 4. The molecule has 220 valence electrons. The van der Waals surface area contributed by atoms with Gasteiger partial charge in [0, 0.05) is 38.2 Å². The van der Waals surface area contributed by atoms with Crippen LogP contribution in [-0.4, -0.2) is 19.1 Å². The Hall–Kier alpha value is -6.26. The number of hydrogen-bond acceptors (Lipinski definition) is 2. The van der Waals surface area contributed by atoms with Gasteiger partial charge < -0.3 is 4.57 Å². The maximum absolute atomic E-state index is 9.76. The molecule has 0 aliphatic rings. The van der Waals surface area contributed by atoms with E-state index in [1.807, 2.05) is 0 Å². The Morgan fingerprint density at radius 2 is 1.09 bits per heavy atom. The van der Waals surface area contributed by atoms with Crippen molar-refractivity contribution in [1.29, 1.82) is 0 Å². The van der Waals surface area contributed by atoms with Gasteiger partial charge in [0.05, 0.1) is 67.5 Å². The fraction of sp³-hybridized carbons (Fsp3) is 0.0233. The lowest BCUT2D eigenvalue weighted by atomic mass is 10.0. The van der Waals surface area contributed by atoms with Gasteiger partial charge in [-0.05, 0) is 66.0 Å². The highest BCUT2D eigenvalue weighted by Gasteiger charge is 2.22. The molecule has 0 aliphatic carbocycles. The molecule has 0 radical (unpaired) electrons. The molecule has 0 N–H and O–H groups in total. The molecule has 0 bridgehead atoms. The highest BCUT2D eigenvalue weighted by atomic mass is 15.2. The SMILES string of the molecule is [2H]c1c([2H])c([2H])c(-n2c3c([2H])c([2H])c([2H])c([2H])c3c3c4c5c([2H])c([2H])c([2H])c([2H])c5n(-c5nc(-c6c([2H])c([2H])c7c([2H])c(C)c([2H])c([2H])c7c6[2H])c6c([2H])c([2H])c([2H])c([2H])c6n5)c4c([2H])c([2H])c32)c([2H])c1[2H]. The Balaban J connectivity index is 1.53. The molecule has 4 nitrogen and oxygen atoms in total. The van der Waals surface area contributed by atoms with Crippen LogP contribution in [-0.2, 0) is 0 Å². The van der Waals surface area contributed by atoms with Crippen molar-refractivity contribution < 1.29 is 34.3 Å². The Morgan fingerprint density at radius 3 is 1.85 bits per heavy atom. The van der Waals surface area contributed by atoms with E-state index in [0.717, 1.165) is 9.13 Å². The molecular weight excluding hydrogens is 573 g/mol. The minimum atomic E-state index is -0.904. The molecule has 47 heavy (non-hydrogen) atoms. The number of hydrogen-bond donors (Lipinski definition) is 0. The Morgan fingerprint density at radius 1 is 0.489 bits per heavy atom. The Bertz CT molecular complexity index is 4260. The van der Waals surface area contributed by atoms with E-state index in [1.165, 1.54) is 6.92 Å². The molecule has 0 spiro atoms. The average Bonchev–Trinajstić information content (AvgIpc) is 3.89. The van der Waals surface area contributed by atoms with Gasteiger partial charge in [0.1, 0.15) is 0 Å². The van der Waals surface area contributed by atoms with E-state index in [0.29, 0.717) is 0 Å². The van der Waals surface area contributed by atoms with Gasteiger partial charge in [0.15, 0.2) is 0 Å². The van der Waals surface area contributed by atoms with E-state index >= 15 is 0 Å². The zero-order chi connectivity index (χ0) is 52.8. The van der Waals surface area contributed by atoms with Gasteiger partial charge in [-0.2, -0.15) is 0 Å². The third kappa shape index (κ3) is 3.82. The fourth-order valence-corrected chi connectivity index (χ4v) is 5.82. The molecular formula is C43H28N4. The third-order valence-electron chi connectivity index (χ3n) is 7.73. The molecule has 0 unspecified atom stereocenters. The van der Waals surface area contributed by atoms with Crippen LogP contribution in [0.3, 0.4) is 0 Å². The van der Waals surface area contributed by atoms with Crippen molar-refractivity contribution in [2.24, 2.45) is 0 Å². The molecule has 10 rings (SSSR count). The van der Waals surface area contributed by atoms with Crippen LogP contribution in [0.25, 0.3) is 88.2 Å². The predicted octanol–water partition coefficient (Wildman–Crippen LogP) is 11.0. The quantitative estimate of drug-likeness (QED) is 0.196. The topological polar surface area (TPSA) is 35.6 Å². The summed E-state index contributed by atoms with van der Waals surface area (Å²) in [5, 5.41) is -3.19. The van der Waals surface area contributed by atoms with Crippen LogP contribution >= 0.6 is 0 Å². The fourth-order valence-electron chi connectivity index (χ4n) is 5.82. The Labute approximate surface area is 305 Å². The average molecular weight is 626 g/mol. The minimum Gasteiger partial charge on any atom is -0.309 e. The second-order valence-electron chi connectivity index (χ2n) is 10.4. The van der Waals surface area contributed by atoms with Gasteiger partial charge in [-0.3, -0.25) is 4.57 Å². The number of aromatic nitrogens is 4. The molecule has 0 saturated heterocycles. The van der Waals surface area contributed by atoms with Crippen LogP contribution in [0.2, 0.25) is 0 Å². The standard InChI is InChI=1S/C43H28N4/c1-27-19-20-29-26-30(22-21-28(29)25-27)42-32-13-5-8-16-35(32)44-43(45-42)47-37-18-10-7-15-34(37)41-39(47)24-23-38-40(41)33-14-6-9-17-36(33)46(38)31-11-3-2-4-12-31/h2-26H,1H3/i2D,3D,4D,5D,6D,7D,8D,9D,10D,11D,12D,13D,14D,15D,16D,17D,18D,19D,20D,21D,22D,23D,24D,25D,26D. The van der Waals surface area contributed by atoms with E-state index in [-0.39, 0.29) is 10.9 Å². The smallest absolute Gasteiger partial charge is 0.235 e. The summed E-state index contributed by atoms with van der Waals surface area (Å²) in [4.78, 5) is 9.14. The van der Waals surface area contributed by atoms with Crippen LogP contribution in [0.4, 0.5) is 0 Å². The van der Waals surface area contributed by atoms with E-state index in [2.05, 4.69) is 9.97 Å². The minimum absolute atomic E-state index is 0.0339. The van der Waals surface area contributed by atoms with Crippen molar-refractivity contribution >= 4 is 65.3 Å². The summed E-state index contributed by atoms with van der Waals surface area (Å²) >= 11 is 0. The zero-order valence-electron chi connectivity index (χ0n) is 48.8. The molecule has 3 heterocycles. The first-order chi connectivity index (χ1) is 33.6. The highest BCUT2D eigenvalue weighted by Crippen LogP contribution is 2.42. The van der Waals surface area contributed by atoms with Gasteiger partial charge in [-0.1, -0.05) is 108 Å². The molecule has 4 heteroatoms. The molecule has 7 aromatic carbocycles. The van der Waals surface area contributed by atoms with Crippen LogP contribution < -0.4 is 0 Å². The highest BCUT2D eigenvalue weighted by molar-refractivity contribution is 6.28. The van der Waals surface area contributed by atoms with E-state index in [1.54, 1.807) is 0 Å². The molecule has 0 saturated carbocycles. The van der Waals surface area contributed by atoms with Crippen LogP contribution in [0.5, 0.6) is 0 Å². The maximum atomic E-state index is 9.76. The first-order valence-electron chi connectivity index (χ1n) is 26.5. The summed E-state index contributed by atoms with van der Waals surface area (Å²) < 4.78 is 226. The number of fused-ring (bicyclic) bond motifs is 9. The molecule has 0 atom stereocenters. The van der Waals surface area contributed by atoms with Gasteiger partial charge in [0.25, 0.3) is 0 Å². The van der Waals surface area contributed by atoms with E-state index < -0.39 is 234 Å². The number of nitrogens with zero attached hydrogens (tertiary/aromatic N) is 4. The first-order valence-corrected chi connectivity index (χ1v) is 14.0. The Kier molecular flexibility index (Phi) is 2.42. The molecule has 3 aromatic heterocycles. The normalized spacial score (nSPS) is 19.4. The van der Waals surface area contributed by atoms with Crippen molar-refractivity contribution in [3.8, 4) is 22.9 Å². The summed E-state index contributed by atoms with van der Waals surface area (Å²) in [5.41, 5.74) is -4.97. The summed E-state index contributed by atoms with van der Waals surface area (Å²) in [7, 11) is 0. The first kappa shape index (κ1) is 11.5. The lowest BCUT2D eigenvalue weighted by molar-refractivity contribution is 1.01. The van der Waals surface area contributed by atoms with E-state index in [4.69, 9.17) is 24.7 Å². The van der Waals surface area contributed by atoms with Crippen molar-refractivity contribution in [1.82, 2.24) is 19.1 Å². The van der Waals surface area contributed by atoms with Crippen molar-refractivity contribution in [3.63, 3.8) is 0 Å². The van der Waals surface area contributed by atoms with Crippen LogP contribution in [0, 0.1) is 6.92 Å². The lowest BCUT2D eigenvalue weighted by Gasteiger charge is -2.12. The van der Waals surface area contributed by atoms with Crippen molar-refractivity contribution in [3.05, 3.63) is 157 Å².